The molecule has 1 aromatic carbocycles. The molecule has 2 heterocycles. The van der Waals surface area contributed by atoms with Crippen molar-refractivity contribution in [3.8, 4) is 5.75 Å². The molecule has 4 aliphatic carbocycles. The molecule has 7 rings (SSSR count). The van der Waals surface area contributed by atoms with E-state index in [2.05, 4.69) is 38.3 Å². The number of ether oxygens (including phenoxy) is 2. The molecule has 0 aromatic heterocycles. The molecule has 2 amide bonds. The number of carbonyl (C=O) groups is 2. The predicted octanol–water partition coefficient (Wildman–Crippen LogP) is 6.37. The Labute approximate surface area is 270 Å². The lowest BCUT2D eigenvalue weighted by Gasteiger charge is -2.61. The Morgan fingerprint density at radius 2 is 1.69 bits per heavy atom. The fourth-order valence-electron chi connectivity index (χ4n) is 11.9. The van der Waals surface area contributed by atoms with Gasteiger partial charge in [-0.3, -0.25) is 9.59 Å². The van der Waals surface area contributed by atoms with Gasteiger partial charge in [0, 0.05) is 24.9 Å². The van der Waals surface area contributed by atoms with E-state index < -0.39 is 0 Å². The van der Waals surface area contributed by atoms with Crippen LogP contribution in [0.3, 0.4) is 0 Å². The van der Waals surface area contributed by atoms with Crippen molar-refractivity contribution in [2.45, 2.75) is 123 Å². The molecule has 3 N–H and O–H groups in total. The van der Waals surface area contributed by atoms with Crippen LogP contribution in [-0.2, 0) is 25.5 Å². The number of rotatable bonds is 6. The molecule has 1 spiro atoms. The number of carbonyl (C=O) groups excluding carboxylic acids is 2. The maximum atomic E-state index is 12.9. The summed E-state index contributed by atoms with van der Waals surface area (Å²) in [7, 11) is 0. The van der Waals surface area contributed by atoms with Crippen molar-refractivity contribution >= 4 is 11.8 Å². The highest BCUT2D eigenvalue weighted by atomic mass is 16.7. The molecule has 0 radical (unpaired) electrons. The van der Waals surface area contributed by atoms with Gasteiger partial charge in [-0.2, -0.15) is 0 Å². The van der Waals surface area contributed by atoms with Gasteiger partial charge >= 0.3 is 0 Å². The zero-order valence-electron chi connectivity index (χ0n) is 28.0. The third kappa shape index (κ3) is 5.52. The van der Waals surface area contributed by atoms with Crippen LogP contribution in [0.5, 0.6) is 5.75 Å². The Morgan fingerprint density at radius 3 is 2.44 bits per heavy atom. The SMILES string of the molecule is C[C@H]1CC[C@@]2(OC1)O[C@H]1C[C@H]3[C@@H]4CC[C@@H]5CC(NC(=O)CC(=O)NCCc6ccc(O)cc6)CC[C@]5(C)C4CC[C@]3(C)[C@H]1[C@@H]2C. The lowest BCUT2D eigenvalue weighted by molar-refractivity contribution is -0.273. The third-order valence-corrected chi connectivity index (χ3v) is 14.3. The van der Waals surface area contributed by atoms with Crippen LogP contribution in [0.2, 0.25) is 0 Å². The van der Waals surface area contributed by atoms with E-state index in [9.17, 15) is 14.7 Å². The summed E-state index contributed by atoms with van der Waals surface area (Å²) >= 11 is 0. The van der Waals surface area contributed by atoms with E-state index in [1.54, 1.807) is 12.1 Å². The number of nitrogens with one attached hydrogen (secondary N) is 2. The number of aromatic hydroxyl groups is 1. The molecule has 4 saturated carbocycles. The van der Waals surface area contributed by atoms with Gasteiger partial charge < -0.3 is 25.2 Å². The second kappa shape index (κ2) is 11.8. The van der Waals surface area contributed by atoms with Crippen LogP contribution >= 0.6 is 0 Å². The lowest BCUT2D eigenvalue weighted by atomic mass is 9.44. The second-order valence-corrected chi connectivity index (χ2v) is 16.7. The molecule has 6 aliphatic rings. The number of fused-ring (bicyclic) bond motifs is 7. The topological polar surface area (TPSA) is 96.9 Å². The van der Waals surface area contributed by atoms with Gasteiger partial charge in [-0.25, -0.2) is 0 Å². The molecule has 1 aromatic rings. The van der Waals surface area contributed by atoms with E-state index in [4.69, 9.17) is 9.47 Å². The summed E-state index contributed by atoms with van der Waals surface area (Å²) in [6.45, 7) is 11.3. The monoisotopic (exact) mass is 620 g/mol. The smallest absolute Gasteiger partial charge is 0.229 e. The third-order valence-electron chi connectivity index (χ3n) is 14.3. The molecule has 7 heteroatoms. The van der Waals surface area contributed by atoms with Gasteiger partial charge in [0.25, 0.3) is 0 Å². The van der Waals surface area contributed by atoms with Crippen molar-refractivity contribution in [3.63, 3.8) is 0 Å². The highest BCUT2D eigenvalue weighted by Crippen LogP contribution is 2.71. The predicted molar refractivity (Wildman–Crippen MR) is 173 cm³/mol. The van der Waals surface area contributed by atoms with E-state index in [1.807, 2.05) is 12.1 Å². The quantitative estimate of drug-likeness (QED) is 0.321. The largest absolute Gasteiger partial charge is 0.508 e. The first kappa shape index (κ1) is 31.5. The summed E-state index contributed by atoms with van der Waals surface area (Å²) in [6.07, 6.45) is 12.8. The molecule has 2 saturated heterocycles. The van der Waals surface area contributed by atoms with E-state index in [1.165, 1.54) is 44.9 Å². The van der Waals surface area contributed by atoms with E-state index in [0.717, 1.165) is 49.2 Å². The van der Waals surface area contributed by atoms with Crippen LogP contribution in [0.1, 0.15) is 104 Å². The zero-order valence-corrected chi connectivity index (χ0v) is 28.0. The van der Waals surface area contributed by atoms with Crippen LogP contribution in [0.15, 0.2) is 24.3 Å². The van der Waals surface area contributed by atoms with Gasteiger partial charge in [0.05, 0.1) is 12.7 Å². The van der Waals surface area contributed by atoms with Gasteiger partial charge in [0.1, 0.15) is 12.2 Å². The Kier molecular flexibility index (Phi) is 8.28. The summed E-state index contributed by atoms with van der Waals surface area (Å²) in [5.41, 5.74) is 1.72. The molecular formula is C38H56N2O5. The Balaban J connectivity index is 0.919. The Bertz CT molecular complexity index is 1260. The number of benzene rings is 1. The van der Waals surface area contributed by atoms with E-state index >= 15 is 0 Å². The molecule has 248 valence electrons. The molecule has 6 fully saturated rings. The van der Waals surface area contributed by atoms with Crippen LogP contribution in [0.25, 0.3) is 0 Å². The molecule has 7 nitrogen and oxygen atoms in total. The van der Waals surface area contributed by atoms with Crippen molar-refractivity contribution in [2.24, 2.45) is 52.3 Å². The summed E-state index contributed by atoms with van der Waals surface area (Å²) < 4.78 is 13.5. The molecule has 2 aliphatic heterocycles. The van der Waals surface area contributed by atoms with Crippen molar-refractivity contribution in [3.05, 3.63) is 29.8 Å². The fraction of sp³-hybridized carbons (Fsp3) is 0.789. The Hall–Kier alpha value is -2.12. The maximum absolute atomic E-state index is 12.9. The fourth-order valence-corrected chi connectivity index (χ4v) is 11.9. The molecular weight excluding hydrogens is 564 g/mol. The molecule has 45 heavy (non-hydrogen) atoms. The maximum Gasteiger partial charge on any atom is 0.229 e. The van der Waals surface area contributed by atoms with Crippen LogP contribution < -0.4 is 10.6 Å². The van der Waals surface area contributed by atoms with Gasteiger partial charge in [0.2, 0.25) is 11.8 Å². The first-order valence-corrected chi connectivity index (χ1v) is 18.2. The molecule has 12 atom stereocenters. The molecule has 0 bridgehead atoms. The number of phenols is 1. The average Bonchev–Trinajstić information content (AvgIpc) is 3.45. The normalized spacial score (nSPS) is 45.2. The minimum absolute atomic E-state index is 0.118. The zero-order chi connectivity index (χ0) is 31.6. The highest BCUT2D eigenvalue weighted by Gasteiger charge is 2.69. The number of hydrogen-bond acceptors (Lipinski definition) is 5. The first-order valence-electron chi connectivity index (χ1n) is 18.2. The minimum atomic E-state index is -0.340. The number of hydrogen-bond donors (Lipinski definition) is 3. The van der Waals surface area contributed by atoms with Crippen LogP contribution in [0, 0.1) is 52.3 Å². The average molecular weight is 621 g/mol. The standard InChI is InChI=1S/C38H56N2O5/c1-23-11-17-38(44-22-23)24(2)35-32(45-38)20-31-29-10-7-26-19-27(12-15-36(26,3)30(29)13-16-37(31,35)4)40-34(43)21-33(42)39-18-14-25-5-8-28(41)9-6-25/h5-6,8-9,23-24,26-27,29-32,35,41H,7,10-22H2,1-4H3,(H,39,42)(H,40,43)/t23-,24-,26+,27?,29+,30?,31-,32-,35-,36-,37-,38+/m0/s1. The number of phenolic OH excluding ortho intramolecular Hbond substituents is 1. The second-order valence-electron chi connectivity index (χ2n) is 16.7. The summed E-state index contributed by atoms with van der Waals surface area (Å²) in [5, 5.41) is 15.5. The van der Waals surface area contributed by atoms with Gasteiger partial charge in [-0.15, -0.1) is 0 Å². The van der Waals surface area contributed by atoms with Gasteiger partial charge in [-0.05, 0) is 128 Å². The molecule has 2 unspecified atom stereocenters. The van der Waals surface area contributed by atoms with Crippen molar-refractivity contribution < 1.29 is 24.2 Å². The van der Waals surface area contributed by atoms with Gasteiger partial charge in [0.15, 0.2) is 5.79 Å². The van der Waals surface area contributed by atoms with E-state index in [-0.39, 0.29) is 35.8 Å². The van der Waals surface area contributed by atoms with Gasteiger partial charge in [-0.1, -0.05) is 39.8 Å². The van der Waals surface area contributed by atoms with E-state index in [0.29, 0.717) is 53.6 Å². The Morgan fingerprint density at radius 1 is 0.911 bits per heavy atom. The first-order chi connectivity index (χ1) is 21.5. The summed E-state index contributed by atoms with van der Waals surface area (Å²) in [5.74, 6) is 4.15. The van der Waals surface area contributed by atoms with Crippen LogP contribution in [0.4, 0.5) is 0 Å². The minimum Gasteiger partial charge on any atom is -0.508 e. The van der Waals surface area contributed by atoms with Crippen molar-refractivity contribution in [1.82, 2.24) is 10.6 Å². The van der Waals surface area contributed by atoms with Crippen molar-refractivity contribution in [1.29, 1.82) is 0 Å². The number of amides is 2. The summed E-state index contributed by atoms with van der Waals surface area (Å²) in [6, 6.07) is 7.15. The summed E-state index contributed by atoms with van der Waals surface area (Å²) in [4.78, 5) is 25.3. The lowest BCUT2D eigenvalue weighted by Crippen LogP contribution is -2.56. The highest BCUT2D eigenvalue weighted by molar-refractivity contribution is 5.96. The van der Waals surface area contributed by atoms with Crippen LogP contribution in [-0.4, -0.2) is 48.0 Å². The van der Waals surface area contributed by atoms with Crippen molar-refractivity contribution in [2.75, 3.05) is 13.2 Å².